The first-order valence-electron chi connectivity index (χ1n) is 7.97. The summed E-state index contributed by atoms with van der Waals surface area (Å²) in [5.41, 5.74) is 1.91. The van der Waals surface area contributed by atoms with Crippen LogP contribution in [0.4, 0.5) is 5.69 Å². The molecule has 0 saturated heterocycles. The summed E-state index contributed by atoms with van der Waals surface area (Å²) in [6.45, 7) is 3.05. The molecule has 0 fully saturated rings. The summed E-state index contributed by atoms with van der Waals surface area (Å²) in [5, 5.41) is 3.42. The Morgan fingerprint density at radius 1 is 1.00 bits per heavy atom. The fraction of sp³-hybridized carbons (Fsp3) is 0.263. The zero-order valence-electron chi connectivity index (χ0n) is 14.0. The summed E-state index contributed by atoms with van der Waals surface area (Å²) in [6.07, 6.45) is 0.248. The van der Waals surface area contributed by atoms with Crippen LogP contribution in [-0.2, 0) is 20.7 Å². The van der Waals surface area contributed by atoms with Crippen molar-refractivity contribution in [2.75, 3.05) is 25.1 Å². The Morgan fingerprint density at radius 3 is 2.32 bits per heavy atom. The number of hydrogen-bond acceptors (Lipinski definition) is 4. The van der Waals surface area contributed by atoms with E-state index < -0.39 is 5.97 Å². The Hall–Kier alpha value is -2.37. The third-order valence-corrected chi connectivity index (χ3v) is 3.60. The largest absolute Gasteiger partial charge is 0.460 e. The van der Waals surface area contributed by atoms with Gasteiger partial charge in [-0.1, -0.05) is 23.7 Å². The van der Waals surface area contributed by atoms with Crippen molar-refractivity contribution in [3.05, 3.63) is 64.7 Å². The molecule has 0 saturated carbocycles. The molecule has 0 aliphatic rings. The van der Waals surface area contributed by atoms with E-state index in [0.717, 1.165) is 5.56 Å². The first kappa shape index (κ1) is 19.0. The SMILES string of the molecule is CCOCCOC(=O)c1ccc(NC(=O)Cc2ccc(Cl)cc2)cc1. The molecule has 132 valence electrons. The lowest BCUT2D eigenvalue weighted by Gasteiger charge is -2.07. The number of rotatable bonds is 8. The van der Waals surface area contributed by atoms with Crippen LogP contribution in [0.5, 0.6) is 0 Å². The molecule has 2 aromatic carbocycles. The molecule has 2 rings (SSSR count). The maximum atomic E-state index is 12.0. The average molecular weight is 362 g/mol. The predicted molar refractivity (Wildman–Crippen MR) is 97.0 cm³/mol. The maximum Gasteiger partial charge on any atom is 0.338 e. The second-order valence-electron chi connectivity index (χ2n) is 5.26. The lowest BCUT2D eigenvalue weighted by Crippen LogP contribution is -2.14. The number of carbonyl (C=O) groups excluding carboxylic acids is 2. The van der Waals surface area contributed by atoms with Crippen molar-refractivity contribution in [3.63, 3.8) is 0 Å². The molecule has 0 heterocycles. The number of anilines is 1. The van der Waals surface area contributed by atoms with Crippen LogP contribution in [0.15, 0.2) is 48.5 Å². The molecule has 0 unspecified atom stereocenters. The quantitative estimate of drug-likeness (QED) is 0.575. The topological polar surface area (TPSA) is 64.6 Å². The molecule has 6 heteroatoms. The third kappa shape index (κ3) is 6.57. The Labute approximate surface area is 151 Å². The minimum Gasteiger partial charge on any atom is -0.460 e. The zero-order chi connectivity index (χ0) is 18.1. The number of carbonyl (C=O) groups is 2. The van der Waals surface area contributed by atoms with Gasteiger partial charge in [0.25, 0.3) is 0 Å². The van der Waals surface area contributed by atoms with Crippen LogP contribution in [0.2, 0.25) is 5.02 Å². The van der Waals surface area contributed by atoms with E-state index in [0.29, 0.717) is 29.5 Å². The molecule has 0 bridgehead atoms. The fourth-order valence-corrected chi connectivity index (χ4v) is 2.23. The van der Waals surface area contributed by atoms with E-state index in [2.05, 4.69) is 5.32 Å². The number of esters is 1. The molecule has 0 radical (unpaired) electrons. The number of nitrogens with one attached hydrogen (secondary N) is 1. The summed E-state index contributed by atoms with van der Waals surface area (Å²) in [6, 6.07) is 13.7. The second kappa shape index (κ2) is 9.81. The second-order valence-corrected chi connectivity index (χ2v) is 5.70. The molecule has 0 spiro atoms. The van der Waals surface area contributed by atoms with Crippen molar-refractivity contribution in [1.29, 1.82) is 0 Å². The van der Waals surface area contributed by atoms with E-state index in [1.807, 2.05) is 19.1 Å². The molecule has 0 aromatic heterocycles. The minimum absolute atomic E-state index is 0.144. The van der Waals surface area contributed by atoms with Gasteiger partial charge in [-0.15, -0.1) is 0 Å². The lowest BCUT2D eigenvalue weighted by atomic mass is 10.1. The number of ether oxygens (including phenoxy) is 2. The highest BCUT2D eigenvalue weighted by atomic mass is 35.5. The van der Waals surface area contributed by atoms with Crippen LogP contribution in [0.3, 0.4) is 0 Å². The highest BCUT2D eigenvalue weighted by molar-refractivity contribution is 6.30. The molecular formula is C19H20ClNO4. The molecule has 2 aromatic rings. The van der Waals surface area contributed by atoms with Gasteiger partial charge >= 0.3 is 5.97 Å². The van der Waals surface area contributed by atoms with Crippen LogP contribution in [0.25, 0.3) is 0 Å². The molecule has 5 nitrogen and oxygen atoms in total. The Morgan fingerprint density at radius 2 is 1.68 bits per heavy atom. The molecule has 1 N–H and O–H groups in total. The smallest absolute Gasteiger partial charge is 0.338 e. The van der Waals surface area contributed by atoms with Gasteiger partial charge in [0, 0.05) is 17.3 Å². The first-order valence-corrected chi connectivity index (χ1v) is 8.35. The van der Waals surface area contributed by atoms with Gasteiger partial charge in [-0.05, 0) is 48.9 Å². The molecular weight excluding hydrogens is 342 g/mol. The lowest BCUT2D eigenvalue weighted by molar-refractivity contribution is -0.115. The van der Waals surface area contributed by atoms with Crippen LogP contribution in [0.1, 0.15) is 22.8 Å². The molecule has 25 heavy (non-hydrogen) atoms. The van der Waals surface area contributed by atoms with Crippen molar-refractivity contribution >= 4 is 29.2 Å². The number of hydrogen-bond donors (Lipinski definition) is 1. The summed E-state index contributed by atoms with van der Waals surface area (Å²) in [7, 11) is 0. The van der Waals surface area contributed by atoms with Gasteiger partial charge in [0.2, 0.25) is 5.91 Å². The fourth-order valence-electron chi connectivity index (χ4n) is 2.10. The van der Waals surface area contributed by atoms with Gasteiger partial charge in [-0.3, -0.25) is 4.79 Å². The first-order chi connectivity index (χ1) is 12.1. The van der Waals surface area contributed by atoms with Crippen LogP contribution in [-0.4, -0.2) is 31.7 Å². The van der Waals surface area contributed by atoms with E-state index in [1.165, 1.54) is 0 Å². The summed E-state index contributed by atoms with van der Waals surface area (Å²) in [5.74, 6) is -0.562. The highest BCUT2D eigenvalue weighted by Crippen LogP contribution is 2.13. The van der Waals surface area contributed by atoms with E-state index in [1.54, 1.807) is 36.4 Å². The van der Waals surface area contributed by atoms with Crippen LogP contribution >= 0.6 is 11.6 Å². The monoisotopic (exact) mass is 361 g/mol. The third-order valence-electron chi connectivity index (χ3n) is 3.35. The summed E-state index contributed by atoms with van der Waals surface area (Å²) < 4.78 is 10.2. The van der Waals surface area contributed by atoms with Crippen molar-refractivity contribution in [2.45, 2.75) is 13.3 Å². The standard InChI is InChI=1S/C19H20ClNO4/c1-2-24-11-12-25-19(23)15-5-9-17(10-6-15)21-18(22)13-14-3-7-16(20)8-4-14/h3-10H,2,11-13H2,1H3,(H,21,22). The number of benzene rings is 2. The highest BCUT2D eigenvalue weighted by Gasteiger charge is 2.08. The van der Waals surface area contributed by atoms with Gasteiger partial charge in [0.1, 0.15) is 6.61 Å². The van der Waals surface area contributed by atoms with E-state index in [4.69, 9.17) is 21.1 Å². The maximum absolute atomic E-state index is 12.0. The Bertz CT molecular complexity index is 698. The van der Waals surface area contributed by atoms with Crippen molar-refractivity contribution in [3.8, 4) is 0 Å². The van der Waals surface area contributed by atoms with Crippen molar-refractivity contribution in [2.24, 2.45) is 0 Å². The van der Waals surface area contributed by atoms with Gasteiger partial charge in [0.15, 0.2) is 0 Å². The molecule has 0 aliphatic carbocycles. The number of amides is 1. The molecule has 1 amide bonds. The Kier molecular flexibility index (Phi) is 7.44. The molecule has 0 aliphatic heterocycles. The zero-order valence-corrected chi connectivity index (χ0v) is 14.7. The van der Waals surface area contributed by atoms with Crippen LogP contribution < -0.4 is 5.32 Å². The van der Waals surface area contributed by atoms with Crippen LogP contribution in [0, 0.1) is 0 Å². The summed E-state index contributed by atoms with van der Waals surface area (Å²) in [4.78, 5) is 23.9. The predicted octanol–water partition coefficient (Wildman–Crippen LogP) is 3.71. The minimum atomic E-state index is -0.418. The van der Waals surface area contributed by atoms with Gasteiger partial charge < -0.3 is 14.8 Å². The van der Waals surface area contributed by atoms with E-state index in [-0.39, 0.29) is 18.9 Å². The van der Waals surface area contributed by atoms with E-state index >= 15 is 0 Å². The Balaban J connectivity index is 1.83. The molecule has 0 atom stereocenters. The normalized spacial score (nSPS) is 10.3. The summed E-state index contributed by atoms with van der Waals surface area (Å²) >= 11 is 5.82. The van der Waals surface area contributed by atoms with Gasteiger partial charge in [-0.25, -0.2) is 4.79 Å². The van der Waals surface area contributed by atoms with Crippen molar-refractivity contribution in [1.82, 2.24) is 0 Å². The van der Waals surface area contributed by atoms with Gasteiger partial charge in [0.05, 0.1) is 18.6 Å². The average Bonchev–Trinajstić information content (AvgIpc) is 2.61. The van der Waals surface area contributed by atoms with Crippen molar-refractivity contribution < 1.29 is 19.1 Å². The van der Waals surface area contributed by atoms with E-state index in [9.17, 15) is 9.59 Å². The van der Waals surface area contributed by atoms with Gasteiger partial charge in [-0.2, -0.15) is 0 Å². The number of halogens is 1.